The number of benzene rings is 1. The molecule has 1 saturated heterocycles. The highest BCUT2D eigenvalue weighted by molar-refractivity contribution is 7.90. The van der Waals surface area contributed by atoms with Crippen LogP contribution < -0.4 is 9.64 Å². The van der Waals surface area contributed by atoms with Gasteiger partial charge in [0.25, 0.3) is 11.8 Å². The van der Waals surface area contributed by atoms with E-state index < -0.39 is 21.3 Å². The minimum Gasteiger partial charge on any atom is -0.490 e. The second-order valence-electron chi connectivity index (χ2n) is 9.74. The van der Waals surface area contributed by atoms with Crippen molar-refractivity contribution in [2.45, 2.75) is 56.1 Å². The fraction of sp³-hybridized carbons (Fsp3) is 0.652. The zero-order valence-corrected chi connectivity index (χ0v) is 20.7. The van der Waals surface area contributed by atoms with Gasteiger partial charge in [0.2, 0.25) is 0 Å². The molecule has 2 heterocycles. The second-order valence-corrected chi connectivity index (χ2v) is 11.8. The topological polar surface area (TPSA) is 88.8 Å². The van der Waals surface area contributed by atoms with Crippen molar-refractivity contribution in [3.63, 3.8) is 0 Å². The molecule has 2 aromatic rings. The molecule has 188 valence electrons. The van der Waals surface area contributed by atoms with Crippen LogP contribution in [0.5, 0.6) is 5.75 Å². The van der Waals surface area contributed by atoms with Crippen LogP contribution >= 0.6 is 0 Å². The summed E-state index contributed by atoms with van der Waals surface area (Å²) in [5.41, 5.74) is -1.65. The first-order chi connectivity index (χ1) is 16.0. The average Bonchev–Trinajstić information content (AvgIpc) is 3.29. The van der Waals surface area contributed by atoms with E-state index in [4.69, 9.17) is 9.26 Å². The molecule has 1 aromatic carbocycles. The minimum absolute atomic E-state index is 0.00306. The Labute approximate surface area is 199 Å². The molecular formula is C23H32F2N4O4S. The summed E-state index contributed by atoms with van der Waals surface area (Å²) in [4.78, 5) is 8.66. The Morgan fingerprint density at radius 2 is 1.82 bits per heavy atom. The Morgan fingerprint density at radius 3 is 2.38 bits per heavy atom. The van der Waals surface area contributed by atoms with Gasteiger partial charge in [-0.2, -0.15) is 4.98 Å². The normalized spacial score (nSPS) is 22.7. The average molecular weight is 499 g/mol. The highest BCUT2D eigenvalue weighted by Gasteiger charge is 2.32. The smallest absolute Gasteiger partial charge is 0.266 e. The molecule has 1 aliphatic heterocycles. The molecule has 0 spiro atoms. The summed E-state index contributed by atoms with van der Waals surface area (Å²) in [6.07, 6.45) is 5.13. The van der Waals surface area contributed by atoms with E-state index in [1.165, 1.54) is 26.0 Å². The van der Waals surface area contributed by atoms with E-state index in [1.807, 2.05) is 4.90 Å². The third kappa shape index (κ3) is 5.86. The van der Waals surface area contributed by atoms with Crippen molar-refractivity contribution in [3.05, 3.63) is 29.9 Å². The SMILES string of the molecule is CC(C)(F)c1nc(N2CCN(C3CCC(COc4ccc(S(C)(=O)=O)cc4F)CC3)CC2)no1. The van der Waals surface area contributed by atoms with Crippen molar-refractivity contribution in [2.24, 2.45) is 5.92 Å². The van der Waals surface area contributed by atoms with Crippen molar-refractivity contribution in [1.82, 2.24) is 15.0 Å². The maximum absolute atomic E-state index is 14.2. The molecule has 0 bridgehead atoms. The molecule has 34 heavy (non-hydrogen) atoms. The molecule has 1 saturated carbocycles. The maximum Gasteiger partial charge on any atom is 0.266 e. The predicted molar refractivity (Wildman–Crippen MR) is 123 cm³/mol. The Hall–Kier alpha value is -2.27. The number of halogens is 2. The number of sulfone groups is 1. The van der Waals surface area contributed by atoms with Crippen LogP contribution in [-0.2, 0) is 15.5 Å². The molecule has 0 N–H and O–H groups in total. The van der Waals surface area contributed by atoms with Gasteiger partial charge in [0.1, 0.15) is 0 Å². The van der Waals surface area contributed by atoms with E-state index in [9.17, 15) is 17.2 Å². The minimum atomic E-state index is -3.45. The lowest BCUT2D eigenvalue weighted by atomic mass is 9.85. The Kier molecular flexibility index (Phi) is 7.14. The standard InChI is InChI=1S/C23H32F2N4O4S/c1-23(2,25)21-26-22(27-33-21)29-12-10-28(11-13-29)17-6-4-16(5-7-17)15-32-20-9-8-18(14-19(20)24)34(3,30)31/h8-9,14,16-17H,4-7,10-13,15H2,1-3H3. The van der Waals surface area contributed by atoms with Crippen molar-refractivity contribution in [3.8, 4) is 5.75 Å². The van der Waals surface area contributed by atoms with Gasteiger partial charge in [0.05, 0.1) is 11.5 Å². The lowest BCUT2D eigenvalue weighted by Gasteiger charge is -2.41. The molecule has 2 fully saturated rings. The number of piperazine rings is 1. The second kappa shape index (κ2) is 9.77. The molecule has 0 unspecified atom stereocenters. The number of anilines is 1. The zero-order valence-electron chi connectivity index (χ0n) is 19.8. The van der Waals surface area contributed by atoms with Crippen molar-refractivity contribution in [1.29, 1.82) is 0 Å². The zero-order chi connectivity index (χ0) is 24.5. The quantitative estimate of drug-likeness (QED) is 0.573. The van der Waals surface area contributed by atoms with Gasteiger partial charge in [0.15, 0.2) is 27.1 Å². The van der Waals surface area contributed by atoms with Gasteiger partial charge >= 0.3 is 0 Å². The summed E-state index contributed by atoms with van der Waals surface area (Å²) in [5, 5.41) is 3.93. The molecule has 8 nitrogen and oxygen atoms in total. The van der Waals surface area contributed by atoms with E-state index in [0.29, 0.717) is 24.5 Å². The Balaban J connectivity index is 1.21. The van der Waals surface area contributed by atoms with Crippen molar-refractivity contribution >= 4 is 15.8 Å². The summed E-state index contributed by atoms with van der Waals surface area (Å²) in [6, 6.07) is 4.26. The van der Waals surface area contributed by atoms with Gasteiger partial charge < -0.3 is 14.2 Å². The van der Waals surface area contributed by atoms with Gasteiger partial charge in [-0.1, -0.05) is 0 Å². The monoisotopic (exact) mass is 498 g/mol. The van der Waals surface area contributed by atoms with Gasteiger partial charge in [-0.05, 0) is 68.8 Å². The predicted octanol–water partition coefficient (Wildman–Crippen LogP) is 3.58. The van der Waals surface area contributed by atoms with E-state index >= 15 is 0 Å². The highest BCUT2D eigenvalue weighted by Crippen LogP contribution is 2.31. The molecule has 11 heteroatoms. The van der Waals surface area contributed by atoms with Crippen LogP contribution in [-0.4, -0.2) is 68.5 Å². The lowest BCUT2D eigenvalue weighted by Crippen LogP contribution is -2.51. The number of alkyl halides is 1. The molecule has 1 aliphatic carbocycles. The fourth-order valence-electron chi connectivity index (χ4n) is 4.59. The molecule has 0 atom stereocenters. The van der Waals surface area contributed by atoms with Crippen molar-refractivity contribution < 1.29 is 26.5 Å². The highest BCUT2D eigenvalue weighted by atomic mass is 32.2. The van der Waals surface area contributed by atoms with E-state index in [2.05, 4.69) is 15.0 Å². The summed E-state index contributed by atoms with van der Waals surface area (Å²) in [6.45, 7) is 6.50. The van der Waals surface area contributed by atoms with Gasteiger partial charge in [0, 0.05) is 38.5 Å². The fourth-order valence-corrected chi connectivity index (χ4v) is 5.22. The largest absolute Gasteiger partial charge is 0.490 e. The van der Waals surface area contributed by atoms with Crippen LogP contribution in [0.1, 0.15) is 45.4 Å². The molecule has 1 aromatic heterocycles. The first-order valence-electron chi connectivity index (χ1n) is 11.6. The van der Waals surface area contributed by atoms with Crippen LogP contribution in [0.3, 0.4) is 0 Å². The molecule has 0 radical (unpaired) electrons. The molecule has 0 amide bonds. The van der Waals surface area contributed by atoms with Crippen LogP contribution in [0.15, 0.2) is 27.6 Å². The maximum atomic E-state index is 14.2. The summed E-state index contributed by atoms with van der Waals surface area (Å²) in [7, 11) is -3.45. The Bertz CT molecular complexity index is 1090. The van der Waals surface area contributed by atoms with Crippen molar-refractivity contribution in [2.75, 3.05) is 43.9 Å². The summed E-state index contributed by atoms with van der Waals surface area (Å²) >= 11 is 0. The molecule has 2 aliphatic rings. The van der Waals surface area contributed by atoms with Crippen LogP contribution in [0.4, 0.5) is 14.7 Å². The molecule has 4 rings (SSSR count). The third-order valence-corrected chi connectivity index (χ3v) is 7.77. The number of hydrogen-bond donors (Lipinski definition) is 0. The van der Waals surface area contributed by atoms with Crippen LogP contribution in [0, 0.1) is 11.7 Å². The number of ether oxygens (including phenoxy) is 1. The third-order valence-electron chi connectivity index (χ3n) is 6.66. The van der Waals surface area contributed by atoms with Crippen LogP contribution in [0.2, 0.25) is 0 Å². The first kappa shape index (κ1) is 24.8. The van der Waals surface area contributed by atoms with E-state index in [1.54, 1.807) is 0 Å². The lowest BCUT2D eigenvalue weighted by molar-refractivity contribution is 0.110. The molecular weight excluding hydrogens is 466 g/mol. The first-order valence-corrected chi connectivity index (χ1v) is 13.5. The number of aromatic nitrogens is 2. The number of nitrogens with zero attached hydrogens (tertiary/aromatic N) is 4. The summed E-state index contributed by atoms with van der Waals surface area (Å²) < 4.78 is 62.1. The van der Waals surface area contributed by atoms with Gasteiger partial charge in [-0.25, -0.2) is 17.2 Å². The summed E-state index contributed by atoms with van der Waals surface area (Å²) in [5.74, 6) is 0.216. The number of rotatable bonds is 7. The van der Waals surface area contributed by atoms with Gasteiger partial charge in [-0.15, -0.1) is 0 Å². The van der Waals surface area contributed by atoms with E-state index in [0.717, 1.165) is 64.2 Å². The Morgan fingerprint density at radius 1 is 1.15 bits per heavy atom. The number of hydrogen-bond acceptors (Lipinski definition) is 8. The van der Waals surface area contributed by atoms with E-state index in [-0.39, 0.29) is 16.5 Å². The van der Waals surface area contributed by atoms with Gasteiger partial charge in [-0.3, -0.25) is 4.90 Å². The van der Waals surface area contributed by atoms with Crippen LogP contribution in [0.25, 0.3) is 0 Å².